The van der Waals surface area contributed by atoms with Gasteiger partial charge in [-0.05, 0) is 32.9 Å². The monoisotopic (exact) mass is 261 g/mol. The summed E-state index contributed by atoms with van der Waals surface area (Å²) in [6.45, 7) is 5.74. The molecule has 1 aliphatic heterocycles. The topological polar surface area (TPSA) is 58.0 Å². The third-order valence-electron chi connectivity index (χ3n) is 3.42. The van der Waals surface area contributed by atoms with E-state index >= 15 is 0 Å². The molecule has 0 bridgehead atoms. The molecule has 1 aromatic carbocycles. The van der Waals surface area contributed by atoms with E-state index in [2.05, 4.69) is 15.3 Å². The van der Waals surface area contributed by atoms with Gasteiger partial charge in [-0.25, -0.2) is 9.97 Å². The number of aliphatic hydroxyl groups is 1. The summed E-state index contributed by atoms with van der Waals surface area (Å²) >= 11 is 1.55. The van der Waals surface area contributed by atoms with Gasteiger partial charge in [-0.1, -0.05) is 23.9 Å². The fraction of sp³-hybridized carbons (Fsp3) is 0.385. The number of nitrogens with zero attached hydrogens (tertiary/aromatic N) is 2. The van der Waals surface area contributed by atoms with Gasteiger partial charge in [-0.15, -0.1) is 0 Å². The van der Waals surface area contributed by atoms with Crippen molar-refractivity contribution >= 4 is 28.6 Å². The van der Waals surface area contributed by atoms with E-state index in [4.69, 9.17) is 0 Å². The third-order valence-corrected chi connectivity index (χ3v) is 4.81. The molecule has 2 aromatic rings. The molecule has 2 heterocycles. The first-order chi connectivity index (χ1) is 8.39. The van der Waals surface area contributed by atoms with Crippen LogP contribution >= 0.6 is 11.8 Å². The number of nitrogens with one attached hydrogen (secondary N) is 1. The zero-order chi connectivity index (χ0) is 13.0. The summed E-state index contributed by atoms with van der Waals surface area (Å²) in [4.78, 5) is 9.13. The second kappa shape index (κ2) is 3.59. The average molecular weight is 261 g/mol. The van der Waals surface area contributed by atoms with Crippen LogP contribution in [0, 0.1) is 0 Å². The highest BCUT2D eigenvalue weighted by Crippen LogP contribution is 2.47. The Kier molecular flexibility index (Phi) is 2.34. The highest BCUT2D eigenvalue weighted by atomic mass is 32.2. The van der Waals surface area contributed by atoms with Crippen molar-refractivity contribution in [3.63, 3.8) is 0 Å². The summed E-state index contributed by atoms with van der Waals surface area (Å²) < 4.78 is -0.364. The SMILES string of the molecule is CC1(O)Nc2nc3ccccc3nc2SC1(C)C. The molecule has 1 unspecified atom stereocenters. The lowest BCUT2D eigenvalue weighted by molar-refractivity contribution is 0.0561. The van der Waals surface area contributed by atoms with E-state index in [0.29, 0.717) is 5.82 Å². The molecule has 1 atom stereocenters. The van der Waals surface area contributed by atoms with E-state index in [0.717, 1.165) is 16.1 Å². The van der Waals surface area contributed by atoms with Gasteiger partial charge in [0.1, 0.15) is 10.8 Å². The van der Waals surface area contributed by atoms with Crippen LogP contribution < -0.4 is 5.32 Å². The molecule has 94 valence electrons. The zero-order valence-corrected chi connectivity index (χ0v) is 11.4. The van der Waals surface area contributed by atoms with Crippen molar-refractivity contribution in [1.29, 1.82) is 0 Å². The predicted molar refractivity (Wildman–Crippen MR) is 73.7 cm³/mol. The van der Waals surface area contributed by atoms with Gasteiger partial charge in [0.05, 0.1) is 15.8 Å². The van der Waals surface area contributed by atoms with Crippen molar-refractivity contribution in [2.24, 2.45) is 0 Å². The molecule has 0 saturated carbocycles. The third kappa shape index (κ3) is 1.66. The van der Waals surface area contributed by atoms with E-state index in [9.17, 15) is 5.11 Å². The van der Waals surface area contributed by atoms with Crippen molar-refractivity contribution in [2.75, 3.05) is 5.32 Å². The lowest BCUT2D eigenvalue weighted by Gasteiger charge is -2.43. The van der Waals surface area contributed by atoms with E-state index in [1.54, 1.807) is 18.7 Å². The highest BCUT2D eigenvalue weighted by molar-refractivity contribution is 8.00. The highest BCUT2D eigenvalue weighted by Gasteiger charge is 2.45. The summed E-state index contributed by atoms with van der Waals surface area (Å²) in [7, 11) is 0. The lowest BCUT2D eigenvalue weighted by atomic mass is 10.0. The maximum absolute atomic E-state index is 10.4. The van der Waals surface area contributed by atoms with Gasteiger partial charge in [0, 0.05) is 0 Å². The molecule has 0 fully saturated rings. The first-order valence-electron chi connectivity index (χ1n) is 5.85. The van der Waals surface area contributed by atoms with Gasteiger partial charge in [-0.3, -0.25) is 0 Å². The molecule has 0 amide bonds. The summed E-state index contributed by atoms with van der Waals surface area (Å²) in [6, 6.07) is 7.75. The van der Waals surface area contributed by atoms with Crippen molar-refractivity contribution in [3.05, 3.63) is 24.3 Å². The minimum Gasteiger partial charge on any atom is -0.370 e. The minimum atomic E-state index is -1.01. The van der Waals surface area contributed by atoms with Gasteiger partial charge in [-0.2, -0.15) is 0 Å². The van der Waals surface area contributed by atoms with Crippen molar-refractivity contribution in [1.82, 2.24) is 9.97 Å². The van der Waals surface area contributed by atoms with Crippen LogP contribution in [0.5, 0.6) is 0 Å². The summed E-state index contributed by atoms with van der Waals surface area (Å²) in [5.74, 6) is 0.656. The first kappa shape index (κ1) is 11.7. The van der Waals surface area contributed by atoms with Crippen LogP contribution in [0.25, 0.3) is 11.0 Å². The van der Waals surface area contributed by atoms with Crippen LogP contribution in [0.2, 0.25) is 0 Å². The van der Waals surface area contributed by atoms with Gasteiger partial charge in [0.2, 0.25) is 0 Å². The van der Waals surface area contributed by atoms with E-state index in [1.165, 1.54) is 0 Å². The predicted octanol–water partition coefficient (Wildman–Crippen LogP) is 2.63. The molecule has 2 N–H and O–H groups in total. The Hall–Kier alpha value is -1.33. The molecule has 5 heteroatoms. The molecular weight excluding hydrogens is 246 g/mol. The van der Waals surface area contributed by atoms with Crippen LogP contribution in [0.3, 0.4) is 0 Å². The van der Waals surface area contributed by atoms with Crippen molar-refractivity contribution in [2.45, 2.75) is 36.3 Å². The fourth-order valence-electron chi connectivity index (χ4n) is 1.86. The Bertz CT molecular complexity index is 570. The zero-order valence-electron chi connectivity index (χ0n) is 10.6. The largest absolute Gasteiger partial charge is 0.370 e. The van der Waals surface area contributed by atoms with Crippen molar-refractivity contribution in [3.8, 4) is 0 Å². The number of hydrogen-bond donors (Lipinski definition) is 2. The van der Waals surface area contributed by atoms with E-state index < -0.39 is 5.72 Å². The number of hydrogen-bond acceptors (Lipinski definition) is 5. The number of benzene rings is 1. The average Bonchev–Trinajstić information content (AvgIpc) is 2.27. The molecule has 0 radical (unpaired) electrons. The Morgan fingerprint density at radius 3 is 2.39 bits per heavy atom. The quantitative estimate of drug-likeness (QED) is 0.763. The normalized spacial score (nSPS) is 25.6. The Morgan fingerprint density at radius 2 is 1.72 bits per heavy atom. The maximum atomic E-state index is 10.4. The molecule has 0 spiro atoms. The number of para-hydroxylation sites is 2. The molecule has 18 heavy (non-hydrogen) atoms. The summed E-state index contributed by atoms with van der Waals surface area (Å²) in [5.41, 5.74) is 0.699. The smallest absolute Gasteiger partial charge is 0.161 e. The molecule has 0 aliphatic carbocycles. The number of aromatic nitrogens is 2. The molecule has 3 rings (SSSR count). The number of rotatable bonds is 0. The second-order valence-electron chi connectivity index (χ2n) is 5.18. The van der Waals surface area contributed by atoms with Crippen LogP contribution in [-0.2, 0) is 0 Å². The molecule has 1 aromatic heterocycles. The van der Waals surface area contributed by atoms with Gasteiger partial charge < -0.3 is 10.4 Å². The van der Waals surface area contributed by atoms with E-state index in [1.807, 2.05) is 38.1 Å². The number of anilines is 1. The van der Waals surface area contributed by atoms with E-state index in [-0.39, 0.29) is 4.75 Å². The first-order valence-corrected chi connectivity index (χ1v) is 6.67. The molecule has 0 saturated heterocycles. The Morgan fingerprint density at radius 1 is 1.11 bits per heavy atom. The lowest BCUT2D eigenvalue weighted by Crippen LogP contribution is -2.53. The summed E-state index contributed by atoms with van der Waals surface area (Å²) in [6.07, 6.45) is 0. The second-order valence-corrected chi connectivity index (χ2v) is 6.79. The number of thioether (sulfide) groups is 1. The molecule has 4 nitrogen and oxygen atoms in total. The minimum absolute atomic E-state index is 0.364. The fourth-order valence-corrected chi connectivity index (χ4v) is 2.93. The Labute approximate surface area is 110 Å². The van der Waals surface area contributed by atoms with Crippen LogP contribution in [0.4, 0.5) is 5.82 Å². The summed E-state index contributed by atoms with van der Waals surface area (Å²) in [5, 5.41) is 14.3. The Balaban J connectivity index is 2.19. The van der Waals surface area contributed by atoms with Crippen molar-refractivity contribution < 1.29 is 5.11 Å². The van der Waals surface area contributed by atoms with Crippen LogP contribution in [0.1, 0.15) is 20.8 Å². The number of fused-ring (bicyclic) bond motifs is 2. The standard InChI is InChI=1S/C13H15N3OS/c1-12(2)13(3,17)16-10-11(18-12)15-9-7-5-4-6-8(9)14-10/h4-7,17H,1-3H3,(H,14,16). The molecule has 1 aliphatic rings. The molecular formula is C13H15N3OS. The van der Waals surface area contributed by atoms with Gasteiger partial charge in [0.15, 0.2) is 5.82 Å². The van der Waals surface area contributed by atoms with Gasteiger partial charge in [0.25, 0.3) is 0 Å². The van der Waals surface area contributed by atoms with Crippen LogP contribution in [-0.4, -0.2) is 25.5 Å². The van der Waals surface area contributed by atoms with Gasteiger partial charge >= 0.3 is 0 Å². The van der Waals surface area contributed by atoms with Crippen LogP contribution in [0.15, 0.2) is 29.3 Å². The maximum Gasteiger partial charge on any atom is 0.161 e.